The number of carbonyl (C=O) groups excluding carboxylic acids is 2. The monoisotopic (exact) mass is 424 g/mol. The van der Waals surface area contributed by atoms with E-state index >= 15 is 0 Å². The van der Waals surface area contributed by atoms with Crippen molar-refractivity contribution in [1.82, 2.24) is 9.80 Å². The minimum Gasteiger partial charge on any atom is -0.497 e. The molecule has 2 amide bonds. The first kappa shape index (κ1) is 20.8. The molecule has 3 saturated heterocycles. The molecule has 0 spiro atoms. The van der Waals surface area contributed by atoms with E-state index in [1.54, 1.807) is 7.11 Å². The van der Waals surface area contributed by atoms with Crippen LogP contribution in [0, 0.1) is 17.8 Å². The van der Waals surface area contributed by atoms with Crippen LogP contribution in [-0.4, -0.2) is 53.9 Å². The molecule has 0 N–H and O–H groups in total. The first-order valence-corrected chi connectivity index (χ1v) is 12.3. The fraction of sp³-hybridized carbons (Fsp3) is 0.692. The number of amides is 2. The molecule has 0 radical (unpaired) electrons. The Kier molecular flexibility index (Phi) is 5.94. The van der Waals surface area contributed by atoms with Crippen LogP contribution < -0.4 is 4.74 Å². The molecule has 5 rings (SSSR count). The minimum atomic E-state index is 0.184. The lowest BCUT2D eigenvalue weighted by atomic mass is 9.70. The van der Waals surface area contributed by atoms with Crippen LogP contribution in [0.5, 0.6) is 5.75 Å². The summed E-state index contributed by atoms with van der Waals surface area (Å²) in [4.78, 5) is 30.5. The van der Waals surface area contributed by atoms with Crippen LogP contribution in [0.2, 0.25) is 0 Å². The fourth-order valence-electron chi connectivity index (χ4n) is 6.55. The highest BCUT2D eigenvalue weighted by Gasteiger charge is 2.49. The van der Waals surface area contributed by atoms with Crippen LogP contribution in [0.25, 0.3) is 0 Å². The quantitative estimate of drug-likeness (QED) is 0.692. The molecule has 168 valence electrons. The summed E-state index contributed by atoms with van der Waals surface area (Å²) >= 11 is 0. The summed E-state index contributed by atoms with van der Waals surface area (Å²) in [6, 6.07) is 8.73. The average Bonchev–Trinajstić information content (AvgIpc) is 2.75. The Balaban J connectivity index is 1.35. The van der Waals surface area contributed by atoms with Gasteiger partial charge in [-0.05, 0) is 67.6 Å². The van der Waals surface area contributed by atoms with E-state index in [2.05, 4.69) is 21.9 Å². The van der Waals surface area contributed by atoms with Crippen LogP contribution >= 0.6 is 0 Å². The minimum absolute atomic E-state index is 0.184. The van der Waals surface area contributed by atoms with Gasteiger partial charge in [0.15, 0.2) is 0 Å². The van der Waals surface area contributed by atoms with Gasteiger partial charge in [-0.1, -0.05) is 31.4 Å². The molecule has 4 fully saturated rings. The number of hydrogen-bond donors (Lipinski definition) is 0. The van der Waals surface area contributed by atoms with Crippen molar-refractivity contribution in [1.29, 1.82) is 0 Å². The van der Waals surface area contributed by atoms with Gasteiger partial charge in [0, 0.05) is 38.0 Å². The smallest absolute Gasteiger partial charge is 0.223 e. The number of likely N-dealkylation sites (tertiary alicyclic amines) is 1. The van der Waals surface area contributed by atoms with Crippen LogP contribution in [0.15, 0.2) is 24.3 Å². The van der Waals surface area contributed by atoms with Crippen molar-refractivity contribution in [3.63, 3.8) is 0 Å². The van der Waals surface area contributed by atoms with E-state index in [0.717, 1.165) is 56.9 Å². The SMILES string of the molecule is COc1cccc(C[C@H]2[C@H]3C[C@H](CN(C(=O)CCC4CCC4)C3)[C@@H]3CCCC(=O)N32)c1. The van der Waals surface area contributed by atoms with E-state index in [1.807, 2.05) is 12.1 Å². The molecule has 1 aromatic rings. The highest BCUT2D eigenvalue weighted by molar-refractivity contribution is 5.79. The summed E-state index contributed by atoms with van der Waals surface area (Å²) in [6.45, 7) is 1.66. The summed E-state index contributed by atoms with van der Waals surface area (Å²) in [5.74, 6) is 3.12. The Morgan fingerprint density at radius 3 is 2.74 bits per heavy atom. The van der Waals surface area contributed by atoms with Gasteiger partial charge in [-0.3, -0.25) is 9.59 Å². The van der Waals surface area contributed by atoms with Crippen LogP contribution in [0.1, 0.15) is 63.4 Å². The lowest BCUT2D eigenvalue weighted by molar-refractivity contribution is -0.156. The third-order valence-electron chi connectivity index (χ3n) is 8.42. The molecule has 5 nitrogen and oxygen atoms in total. The number of fused-ring (bicyclic) bond motifs is 4. The van der Waals surface area contributed by atoms with Crippen molar-refractivity contribution in [3.05, 3.63) is 29.8 Å². The maximum atomic E-state index is 13.1. The van der Waals surface area contributed by atoms with Crippen LogP contribution in [0.4, 0.5) is 0 Å². The van der Waals surface area contributed by atoms with Crippen molar-refractivity contribution in [3.8, 4) is 5.75 Å². The van der Waals surface area contributed by atoms with Crippen molar-refractivity contribution < 1.29 is 14.3 Å². The Bertz CT molecular complexity index is 821. The van der Waals surface area contributed by atoms with Gasteiger partial charge in [0.05, 0.1) is 7.11 Å². The van der Waals surface area contributed by atoms with Crippen molar-refractivity contribution in [2.24, 2.45) is 17.8 Å². The number of rotatable bonds is 6. The second-order valence-corrected chi connectivity index (χ2v) is 10.3. The highest BCUT2D eigenvalue weighted by atomic mass is 16.5. The molecule has 3 heterocycles. The van der Waals surface area contributed by atoms with Gasteiger partial charge in [-0.25, -0.2) is 0 Å². The zero-order valence-corrected chi connectivity index (χ0v) is 18.8. The zero-order chi connectivity index (χ0) is 21.4. The van der Waals surface area contributed by atoms with E-state index < -0.39 is 0 Å². The van der Waals surface area contributed by atoms with Gasteiger partial charge in [0.25, 0.3) is 0 Å². The molecule has 1 saturated carbocycles. The normalized spacial score (nSPS) is 30.5. The van der Waals surface area contributed by atoms with E-state index in [4.69, 9.17) is 4.74 Å². The molecule has 0 unspecified atom stereocenters. The van der Waals surface area contributed by atoms with Crippen molar-refractivity contribution in [2.75, 3.05) is 20.2 Å². The molecule has 0 aromatic heterocycles. The van der Waals surface area contributed by atoms with Gasteiger partial charge in [0.2, 0.25) is 11.8 Å². The number of carbonyl (C=O) groups is 2. The molecule has 31 heavy (non-hydrogen) atoms. The molecular weight excluding hydrogens is 388 g/mol. The first-order valence-electron chi connectivity index (χ1n) is 12.3. The van der Waals surface area contributed by atoms with E-state index in [1.165, 1.54) is 24.8 Å². The van der Waals surface area contributed by atoms with Crippen LogP contribution in [-0.2, 0) is 16.0 Å². The average molecular weight is 425 g/mol. The van der Waals surface area contributed by atoms with E-state index in [9.17, 15) is 9.59 Å². The van der Waals surface area contributed by atoms with Crippen LogP contribution in [0.3, 0.4) is 0 Å². The number of methoxy groups -OCH3 is 1. The number of nitrogens with zero attached hydrogens (tertiary/aromatic N) is 2. The topological polar surface area (TPSA) is 49.9 Å². The number of benzene rings is 1. The summed E-state index contributed by atoms with van der Waals surface area (Å²) in [6.07, 6.45) is 10.5. The molecule has 2 bridgehead atoms. The molecule has 4 atom stereocenters. The lowest BCUT2D eigenvalue weighted by Gasteiger charge is -2.56. The predicted octanol–water partition coefficient (Wildman–Crippen LogP) is 4.05. The Morgan fingerprint density at radius 1 is 1.13 bits per heavy atom. The molecule has 4 aliphatic rings. The van der Waals surface area contributed by atoms with Gasteiger partial charge in [-0.15, -0.1) is 0 Å². The Hall–Kier alpha value is -2.04. The first-order chi connectivity index (χ1) is 15.1. The zero-order valence-electron chi connectivity index (χ0n) is 18.8. The van der Waals surface area contributed by atoms with Crippen molar-refractivity contribution in [2.45, 2.75) is 76.3 Å². The lowest BCUT2D eigenvalue weighted by Crippen LogP contribution is -2.66. The van der Waals surface area contributed by atoms with Gasteiger partial charge >= 0.3 is 0 Å². The molecule has 1 aromatic carbocycles. The fourth-order valence-corrected chi connectivity index (χ4v) is 6.55. The third kappa shape index (κ3) is 4.20. The standard InChI is InChI=1S/C26H36N2O3/c1-31-22-8-3-7-19(13-22)14-24-21-15-20(23-9-4-10-26(30)28(23)24)16-27(17-21)25(29)12-11-18-5-2-6-18/h3,7-8,13,18,20-21,23-24H,2,4-6,9-12,14-17H2,1H3/t20-,21+,23+,24+/m1/s1. The molecule has 5 heteroatoms. The third-order valence-corrected chi connectivity index (χ3v) is 8.42. The highest BCUT2D eigenvalue weighted by Crippen LogP contribution is 2.43. The van der Waals surface area contributed by atoms with Gasteiger partial charge in [0.1, 0.15) is 5.75 Å². The predicted molar refractivity (Wildman–Crippen MR) is 120 cm³/mol. The number of piperidine rings is 3. The summed E-state index contributed by atoms with van der Waals surface area (Å²) < 4.78 is 5.43. The summed E-state index contributed by atoms with van der Waals surface area (Å²) in [7, 11) is 1.70. The number of ether oxygens (including phenoxy) is 1. The van der Waals surface area contributed by atoms with Gasteiger partial charge in [-0.2, -0.15) is 0 Å². The second-order valence-electron chi connectivity index (χ2n) is 10.3. The molecule has 1 aliphatic carbocycles. The second kappa shape index (κ2) is 8.84. The summed E-state index contributed by atoms with van der Waals surface area (Å²) in [5, 5.41) is 0. The van der Waals surface area contributed by atoms with E-state index in [0.29, 0.717) is 42.5 Å². The summed E-state index contributed by atoms with van der Waals surface area (Å²) in [5.41, 5.74) is 1.22. The Labute approximate surface area is 186 Å². The maximum absolute atomic E-state index is 13.1. The van der Waals surface area contributed by atoms with Gasteiger partial charge < -0.3 is 14.5 Å². The molecular formula is C26H36N2O3. The Morgan fingerprint density at radius 2 is 1.97 bits per heavy atom. The largest absolute Gasteiger partial charge is 0.497 e. The molecule has 3 aliphatic heterocycles. The van der Waals surface area contributed by atoms with E-state index in [-0.39, 0.29) is 6.04 Å². The maximum Gasteiger partial charge on any atom is 0.223 e. The van der Waals surface area contributed by atoms with Crippen molar-refractivity contribution >= 4 is 11.8 Å². The number of hydrogen-bond acceptors (Lipinski definition) is 3.